The molecule has 0 fully saturated rings. The molecule has 1 aliphatic heterocycles. The summed E-state index contributed by atoms with van der Waals surface area (Å²) in [4.78, 5) is 44.6. The topological polar surface area (TPSA) is 119 Å². The fraction of sp³-hybridized carbons (Fsp3) is 0.314. The number of methoxy groups -OCH3 is 1. The second-order valence-corrected chi connectivity index (χ2v) is 11.4. The molecule has 0 aliphatic carbocycles. The third kappa shape index (κ3) is 6.69. The lowest BCUT2D eigenvalue weighted by Crippen LogP contribution is -2.39. The van der Waals surface area contributed by atoms with Crippen molar-refractivity contribution in [3.8, 4) is 22.8 Å². The number of aromatic nitrogens is 1. The molecule has 1 aliphatic rings. The van der Waals surface area contributed by atoms with Gasteiger partial charge in [0, 0.05) is 11.6 Å². The van der Waals surface area contributed by atoms with E-state index in [4.69, 9.17) is 23.4 Å². The van der Waals surface area contributed by atoms with Gasteiger partial charge in [-0.25, -0.2) is 14.6 Å². The molecule has 11 heteroatoms. The Morgan fingerprint density at radius 3 is 2.52 bits per heavy atom. The minimum Gasteiger partial charge on any atom is -0.493 e. The van der Waals surface area contributed by atoms with Gasteiger partial charge in [0.15, 0.2) is 16.3 Å². The van der Waals surface area contributed by atoms with Crippen LogP contribution in [0, 0.1) is 0 Å². The van der Waals surface area contributed by atoms with Crippen molar-refractivity contribution in [2.24, 2.45) is 4.99 Å². The predicted molar refractivity (Wildman–Crippen MR) is 174 cm³/mol. The Kier molecular flexibility index (Phi) is 10.2. The molecule has 0 bridgehead atoms. The van der Waals surface area contributed by atoms with Crippen LogP contribution in [0.5, 0.6) is 11.5 Å². The van der Waals surface area contributed by atoms with Gasteiger partial charge in [-0.05, 0) is 69.2 Å². The average Bonchev–Trinajstić information content (AvgIpc) is 3.64. The summed E-state index contributed by atoms with van der Waals surface area (Å²) in [5.74, 6) is 1.06. The first-order valence-electron chi connectivity index (χ1n) is 15.2. The second kappa shape index (κ2) is 14.5. The number of ether oxygens (including phenoxy) is 4. The maximum Gasteiger partial charge on any atom is 0.338 e. The summed E-state index contributed by atoms with van der Waals surface area (Å²) in [6, 6.07) is 15.1. The third-order valence-electron chi connectivity index (χ3n) is 7.33. The highest BCUT2D eigenvalue weighted by Gasteiger charge is 2.34. The largest absolute Gasteiger partial charge is 0.493 e. The van der Waals surface area contributed by atoms with Gasteiger partial charge in [-0.2, -0.15) is 0 Å². The Morgan fingerprint density at radius 1 is 1.00 bits per heavy atom. The molecular formula is C35H36N2O8S. The van der Waals surface area contributed by atoms with E-state index in [1.54, 1.807) is 76.4 Å². The normalized spacial score (nSPS) is 14.5. The Hall–Kier alpha value is -4.90. The van der Waals surface area contributed by atoms with E-state index in [0.29, 0.717) is 61.3 Å². The molecule has 0 saturated carbocycles. The molecule has 4 aromatic rings. The second-order valence-electron chi connectivity index (χ2n) is 10.4. The van der Waals surface area contributed by atoms with Crippen molar-refractivity contribution in [3.63, 3.8) is 0 Å². The summed E-state index contributed by atoms with van der Waals surface area (Å²) in [7, 11) is 1.55. The van der Waals surface area contributed by atoms with E-state index in [-0.39, 0.29) is 24.3 Å². The van der Waals surface area contributed by atoms with Crippen LogP contribution in [0.15, 0.2) is 80.1 Å². The van der Waals surface area contributed by atoms with Gasteiger partial charge in [0.25, 0.3) is 5.56 Å². The van der Waals surface area contributed by atoms with Crippen molar-refractivity contribution < 1.29 is 33.0 Å². The molecular weight excluding hydrogens is 608 g/mol. The highest BCUT2D eigenvalue weighted by molar-refractivity contribution is 7.07. The van der Waals surface area contributed by atoms with E-state index in [0.717, 1.165) is 12.8 Å². The van der Waals surface area contributed by atoms with E-state index in [1.165, 1.54) is 15.9 Å². The van der Waals surface area contributed by atoms with Gasteiger partial charge in [0.05, 0.1) is 54.3 Å². The summed E-state index contributed by atoms with van der Waals surface area (Å²) in [6.07, 6.45) is 3.53. The van der Waals surface area contributed by atoms with Crippen molar-refractivity contribution in [3.05, 3.63) is 102 Å². The number of benzene rings is 2. The minimum absolute atomic E-state index is 0.170. The van der Waals surface area contributed by atoms with Crippen LogP contribution in [0.25, 0.3) is 17.4 Å². The third-order valence-corrected chi connectivity index (χ3v) is 8.32. The molecule has 1 atom stereocenters. The zero-order chi connectivity index (χ0) is 32.8. The van der Waals surface area contributed by atoms with Gasteiger partial charge in [0.1, 0.15) is 11.5 Å². The maximum absolute atomic E-state index is 14.0. The Labute approximate surface area is 270 Å². The molecule has 0 N–H and O–H groups in total. The highest BCUT2D eigenvalue weighted by atomic mass is 32.1. The quantitative estimate of drug-likeness (QED) is 0.148. The van der Waals surface area contributed by atoms with Crippen molar-refractivity contribution in [1.29, 1.82) is 0 Å². The number of furan rings is 1. The molecule has 0 radical (unpaired) electrons. The molecule has 0 unspecified atom stereocenters. The number of hydrogen-bond acceptors (Lipinski definition) is 10. The van der Waals surface area contributed by atoms with Crippen LogP contribution in [0.2, 0.25) is 0 Å². The van der Waals surface area contributed by atoms with Crippen LogP contribution >= 0.6 is 11.3 Å². The van der Waals surface area contributed by atoms with Crippen LogP contribution in [0.4, 0.5) is 0 Å². The maximum atomic E-state index is 14.0. The number of carbonyl (C=O) groups excluding carboxylic acids is 2. The van der Waals surface area contributed by atoms with E-state index in [2.05, 4.69) is 11.9 Å². The number of unbranched alkanes of at least 4 members (excludes halogenated alkanes) is 1. The van der Waals surface area contributed by atoms with Gasteiger partial charge in [0.2, 0.25) is 0 Å². The predicted octanol–water partition coefficient (Wildman–Crippen LogP) is 5.42. The summed E-state index contributed by atoms with van der Waals surface area (Å²) in [6.45, 7) is 8.29. The molecule has 2 aromatic carbocycles. The number of fused-ring (bicyclic) bond motifs is 1. The van der Waals surface area contributed by atoms with Crippen LogP contribution in [0.3, 0.4) is 0 Å². The van der Waals surface area contributed by atoms with Crippen molar-refractivity contribution in [2.45, 2.75) is 46.6 Å². The molecule has 240 valence electrons. The molecule has 10 nitrogen and oxygen atoms in total. The summed E-state index contributed by atoms with van der Waals surface area (Å²) in [5, 5.41) is 0. The van der Waals surface area contributed by atoms with E-state index < -0.39 is 18.0 Å². The molecule has 0 saturated heterocycles. The number of esters is 2. The van der Waals surface area contributed by atoms with Gasteiger partial charge in [-0.1, -0.05) is 42.9 Å². The van der Waals surface area contributed by atoms with E-state index in [1.807, 2.05) is 12.1 Å². The first-order chi connectivity index (χ1) is 22.3. The number of thiazole rings is 1. The van der Waals surface area contributed by atoms with Crippen LogP contribution in [-0.2, 0) is 14.3 Å². The fourth-order valence-electron chi connectivity index (χ4n) is 5.14. The zero-order valence-corrected chi connectivity index (χ0v) is 27.3. The monoisotopic (exact) mass is 644 g/mol. The number of allylic oxidation sites excluding steroid dienone is 1. The number of nitrogens with zero attached hydrogens (tertiary/aromatic N) is 2. The Bertz CT molecular complexity index is 1970. The SMILES string of the molecule is CCCCOc1ccc([C@@H]2C(C(=O)OCC)=C(C)N=c3s/c(=C/c4ccc(-c5cccc(C(=O)OCC)c5)o4)c(=O)n32)cc1OC. The summed E-state index contributed by atoms with van der Waals surface area (Å²) in [5.41, 5.74) is 2.14. The highest BCUT2D eigenvalue weighted by Crippen LogP contribution is 2.36. The number of hydrogen-bond donors (Lipinski definition) is 0. The van der Waals surface area contributed by atoms with Crippen LogP contribution in [-0.4, -0.2) is 43.4 Å². The summed E-state index contributed by atoms with van der Waals surface area (Å²) >= 11 is 1.19. The lowest BCUT2D eigenvalue weighted by atomic mass is 9.95. The van der Waals surface area contributed by atoms with Gasteiger partial charge >= 0.3 is 11.9 Å². The molecule has 5 rings (SSSR count). The van der Waals surface area contributed by atoms with Crippen molar-refractivity contribution in [2.75, 3.05) is 26.9 Å². The van der Waals surface area contributed by atoms with E-state index >= 15 is 0 Å². The smallest absolute Gasteiger partial charge is 0.338 e. The lowest BCUT2D eigenvalue weighted by Gasteiger charge is -2.25. The van der Waals surface area contributed by atoms with Gasteiger partial charge < -0.3 is 23.4 Å². The molecule has 0 spiro atoms. The zero-order valence-electron chi connectivity index (χ0n) is 26.5. The summed E-state index contributed by atoms with van der Waals surface area (Å²) < 4.78 is 30.0. The van der Waals surface area contributed by atoms with Crippen LogP contribution < -0.4 is 24.4 Å². The minimum atomic E-state index is -0.811. The van der Waals surface area contributed by atoms with Gasteiger partial charge in [-0.3, -0.25) is 9.36 Å². The fourth-order valence-corrected chi connectivity index (χ4v) is 6.16. The van der Waals surface area contributed by atoms with Crippen molar-refractivity contribution in [1.82, 2.24) is 4.57 Å². The first kappa shape index (κ1) is 32.5. The lowest BCUT2D eigenvalue weighted by molar-refractivity contribution is -0.139. The molecule has 2 aromatic heterocycles. The van der Waals surface area contributed by atoms with E-state index in [9.17, 15) is 14.4 Å². The van der Waals surface area contributed by atoms with Crippen LogP contribution in [0.1, 0.15) is 68.3 Å². The molecule has 3 heterocycles. The molecule has 0 amide bonds. The molecule has 46 heavy (non-hydrogen) atoms. The number of rotatable bonds is 12. The first-order valence-corrected chi connectivity index (χ1v) is 16.0. The van der Waals surface area contributed by atoms with Gasteiger partial charge in [-0.15, -0.1) is 0 Å². The Morgan fingerprint density at radius 2 is 1.78 bits per heavy atom. The van der Waals surface area contributed by atoms with Crippen molar-refractivity contribution >= 4 is 29.4 Å². The average molecular weight is 645 g/mol. The standard InChI is InChI=1S/C35H36N2O8S/c1-6-9-17-44-27-15-13-23(19-28(27)41-5)31-30(34(40)43-8-3)21(4)36-35-37(31)32(38)29(46-35)20-25-14-16-26(45-25)22-11-10-12-24(18-22)33(39)42-7-2/h10-16,18-20,31H,6-9,17H2,1-5H3/b29-20+/t31-/m1/s1. The number of carbonyl (C=O) groups is 2. The Balaban J connectivity index is 1.57.